The van der Waals surface area contributed by atoms with Gasteiger partial charge in [0.15, 0.2) is 0 Å². The molecule has 4 heteroatoms. The van der Waals surface area contributed by atoms with Crippen LogP contribution in [0.5, 0.6) is 11.6 Å². The number of benzene rings is 1. The fourth-order valence-electron chi connectivity index (χ4n) is 1.83. The number of aliphatic hydroxyl groups excluding tert-OH is 1. The van der Waals surface area contributed by atoms with Crippen LogP contribution in [-0.4, -0.2) is 17.2 Å². The summed E-state index contributed by atoms with van der Waals surface area (Å²) in [5, 5.41) is 9.69. The summed E-state index contributed by atoms with van der Waals surface area (Å²) in [4.78, 5) is 4.12. The van der Waals surface area contributed by atoms with Gasteiger partial charge < -0.3 is 14.6 Å². The second kappa shape index (κ2) is 6.20. The molecular weight excluding hydrogens is 242 g/mol. The lowest BCUT2D eigenvalue weighted by molar-refractivity contribution is 0.190. The van der Waals surface area contributed by atoms with Crippen molar-refractivity contribution in [3.05, 3.63) is 53.7 Å². The lowest BCUT2D eigenvalue weighted by Gasteiger charge is -2.14. The lowest BCUT2D eigenvalue weighted by Crippen LogP contribution is -2.03. The molecule has 1 heterocycles. The molecule has 100 valence electrons. The average Bonchev–Trinajstić information content (AvgIpc) is 2.45. The van der Waals surface area contributed by atoms with Crippen molar-refractivity contribution in [2.24, 2.45) is 0 Å². The number of pyridine rings is 1. The van der Waals surface area contributed by atoms with Crippen LogP contribution in [0, 0.1) is 0 Å². The minimum absolute atomic E-state index is 0.348. The molecule has 0 aliphatic heterocycles. The molecule has 0 bridgehead atoms. The molecule has 0 unspecified atom stereocenters. The van der Waals surface area contributed by atoms with Crippen molar-refractivity contribution in [2.45, 2.75) is 19.6 Å². The second-order valence-corrected chi connectivity index (χ2v) is 4.17. The van der Waals surface area contributed by atoms with E-state index in [-0.39, 0.29) is 0 Å². The number of nitrogens with zero attached hydrogens (tertiary/aromatic N) is 1. The molecule has 0 spiro atoms. The van der Waals surface area contributed by atoms with Crippen LogP contribution in [0.1, 0.15) is 24.2 Å². The predicted octanol–water partition coefficient (Wildman–Crippen LogP) is 2.72. The van der Waals surface area contributed by atoms with Gasteiger partial charge in [-0.3, -0.25) is 0 Å². The molecule has 2 rings (SSSR count). The number of hydrogen-bond donors (Lipinski definition) is 1. The van der Waals surface area contributed by atoms with E-state index in [4.69, 9.17) is 9.47 Å². The van der Waals surface area contributed by atoms with Gasteiger partial charge in [0.1, 0.15) is 12.4 Å². The van der Waals surface area contributed by atoms with Crippen molar-refractivity contribution < 1.29 is 14.6 Å². The van der Waals surface area contributed by atoms with Crippen LogP contribution in [-0.2, 0) is 6.61 Å². The Morgan fingerprint density at radius 1 is 1.21 bits per heavy atom. The van der Waals surface area contributed by atoms with Gasteiger partial charge in [-0.15, -0.1) is 0 Å². The summed E-state index contributed by atoms with van der Waals surface area (Å²) in [6.45, 7) is 2.06. The highest BCUT2D eigenvalue weighted by Gasteiger charge is 2.10. The van der Waals surface area contributed by atoms with Gasteiger partial charge in [0.2, 0.25) is 5.88 Å². The first-order valence-corrected chi connectivity index (χ1v) is 6.10. The van der Waals surface area contributed by atoms with E-state index < -0.39 is 6.10 Å². The Morgan fingerprint density at radius 2 is 2.00 bits per heavy atom. The van der Waals surface area contributed by atoms with E-state index in [1.807, 2.05) is 36.4 Å². The van der Waals surface area contributed by atoms with E-state index in [9.17, 15) is 5.11 Å². The summed E-state index contributed by atoms with van der Waals surface area (Å²) < 4.78 is 10.9. The molecular formula is C15H17NO3. The number of hydrogen-bond acceptors (Lipinski definition) is 4. The normalized spacial score (nSPS) is 11.9. The van der Waals surface area contributed by atoms with Gasteiger partial charge in [0.25, 0.3) is 0 Å². The fraction of sp³-hybridized carbons (Fsp3) is 0.267. The summed E-state index contributed by atoms with van der Waals surface area (Å²) in [5.74, 6) is 1.22. The maximum absolute atomic E-state index is 9.69. The molecule has 1 N–H and O–H groups in total. The Hall–Kier alpha value is -2.07. The van der Waals surface area contributed by atoms with Crippen molar-refractivity contribution in [1.29, 1.82) is 0 Å². The lowest BCUT2D eigenvalue weighted by atomic mass is 10.1. The molecule has 0 fully saturated rings. The summed E-state index contributed by atoms with van der Waals surface area (Å²) in [6, 6.07) is 11.2. The third-order valence-corrected chi connectivity index (χ3v) is 2.80. The van der Waals surface area contributed by atoms with Crippen LogP contribution >= 0.6 is 0 Å². The first kappa shape index (κ1) is 13.4. The molecule has 1 aromatic carbocycles. The maximum Gasteiger partial charge on any atom is 0.219 e. The highest BCUT2D eigenvalue weighted by atomic mass is 16.5. The first-order valence-electron chi connectivity index (χ1n) is 6.10. The smallest absolute Gasteiger partial charge is 0.219 e. The predicted molar refractivity (Wildman–Crippen MR) is 72.2 cm³/mol. The van der Waals surface area contributed by atoms with E-state index in [2.05, 4.69) is 4.98 Å². The summed E-state index contributed by atoms with van der Waals surface area (Å²) >= 11 is 0. The van der Waals surface area contributed by atoms with E-state index in [0.717, 1.165) is 11.1 Å². The molecule has 0 radical (unpaired) electrons. The third-order valence-electron chi connectivity index (χ3n) is 2.80. The van der Waals surface area contributed by atoms with Crippen molar-refractivity contribution in [3.8, 4) is 11.6 Å². The minimum atomic E-state index is -0.563. The van der Waals surface area contributed by atoms with Crippen LogP contribution in [0.25, 0.3) is 0 Å². The summed E-state index contributed by atoms with van der Waals surface area (Å²) in [5.41, 5.74) is 1.63. The zero-order valence-electron chi connectivity index (χ0n) is 11.0. The molecule has 4 nitrogen and oxygen atoms in total. The van der Waals surface area contributed by atoms with Crippen molar-refractivity contribution in [1.82, 2.24) is 4.98 Å². The number of rotatable bonds is 5. The Bertz CT molecular complexity index is 540. The standard InChI is InChI=1S/C15H17NO3/c1-11(17)13-7-3-4-8-14(13)19-10-12-6-5-9-16-15(12)18-2/h3-9,11,17H,10H2,1-2H3/t11-/m1/s1. The summed E-state index contributed by atoms with van der Waals surface area (Å²) in [6.07, 6.45) is 1.11. The van der Waals surface area contributed by atoms with Gasteiger partial charge in [-0.1, -0.05) is 18.2 Å². The molecule has 0 saturated heterocycles. The zero-order valence-corrected chi connectivity index (χ0v) is 11.0. The van der Waals surface area contributed by atoms with Gasteiger partial charge in [0.05, 0.1) is 18.8 Å². The van der Waals surface area contributed by atoms with E-state index in [1.165, 1.54) is 0 Å². The van der Waals surface area contributed by atoms with E-state index in [1.54, 1.807) is 20.2 Å². The highest BCUT2D eigenvalue weighted by molar-refractivity contribution is 5.35. The van der Waals surface area contributed by atoms with Gasteiger partial charge in [-0.25, -0.2) is 4.98 Å². The van der Waals surface area contributed by atoms with Crippen LogP contribution in [0.15, 0.2) is 42.6 Å². The number of methoxy groups -OCH3 is 1. The molecule has 19 heavy (non-hydrogen) atoms. The Balaban J connectivity index is 2.15. The molecule has 2 aromatic rings. The molecule has 0 aliphatic rings. The zero-order chi connectivity index (χ0) is 13.7. The van der Waals surface area contributed by atoms with Crippen LogP contribution in [0.2, 0.25) is 0 Å². The van der Waals surface area contributed by atoms with Gasteiger partial charge in [-0.05, 0) is 25.1 Å². The highest BCUT2D eigenvalue weighted by Crippen LogP contribution is 2.26. The molecule has 1 aromatic heterocycles. The number of aromatic nitrogens is 1. The molecule has 0 aliphatic carbocycles. The first-order chi connectivity index (χ1) is 9.22. The van der Waals surface area contributed by atoms with Crippen molar-refractivity contribution in [2.75, 3.05) is 7.11 Å². The van der Waals surface area contributed by atoms with Gasteiger partial charge >= 0.3 is 0 Å². The SMILES string of the molecule is COc1ncccc1COc1ccccc1[C@@H](C)O. The topological polar surface area (TPSA) is 51.6 Å². The number of aliphatic hydroxyl groups is 1. The quantitative estimate of drug-likeness (QED) is 0.897. The molecule has 0 amide bonds. The maximum atomic E-state index is 9.69. The van der Waals surface area contributed by atoms with E-state index >= 15 is 0 Å². The average molecular weight is 259 g/mol. The van der Waals surface area contributed by atoms with Gasteiger partial charge in [-0.2, -0.15) is 0 Å². The fourth-order valence-corrected chi connectivity index (χ4v) is 1.83. The number of ether oxygens (including phenoxy) is 2. The monoisotopic (exact) mass is 259 g/mol. The largest absolute Gasteiger partial charge is 0.488 e. The second-order valence-electron chi connectivity index (χ2n) is 4.17. The van der Waals surface area contributed by atoms with Crippen molar-refractivity contribution >= 4 is 0 Å². The summed E-state index contributed by atoms with van der Waals surface area (Å²) in [7, 11) is 1.58. The Labute approximate surface area is 112 Å². The van der Waals surface area contributed by atoms with E-state index in [0.29, 0.717) is 18.2 Å². The van der Waals surface area contributed by atoms with Crippen LogP contribution < -0.4 is 9.47 Å². The Morgan fingerprint density at radius 3 is 2.74 bits per heavy atom. The minimum Gasteiger partial charge on any atom is -0.488 e. The van der Waals surface area contributed by atoms with Crippen LogP contribution in [0.4, 0.5) is 0 Å². The van der Waals surface area contributed by atoms with Gasteiger partial charge in [0, 0.05) is 11.8 Å². The van der Waals surface area contributed by atoms with Crippen LogP contribution in [0.3, 0.4) is 0 Å². The molecule has 0 saturated carbocycles. The molecule has 1 atom stereocenters. The number of para-hydroxylation sites is 1. The Kier molecular flexibility index (Phi) is 4.36. The van der Waals surface area contributed by atoms with Crippen molar-refractivity contribution in [3.63, 3.8) is 0 Å². The third kappa shape index (κ3) is 3.23.